The monoisotopic (exact) mass is 390 g/mol. The number of thiocarbonyl (C=S) groups is 1. The number of para-hydroxylation sites is 1. The van der Waals surface area contributed by atoms with E-state index in [0.717, 1.165) is 5.69 Å². The highest BCUT2D eigenvalue weighted by Crippen LogP contribution is 2.16. The molecule has 1 aromatic heterocycles. The Balaban J connectivity index is 2.15. The van der Waals surface area contributed by atoms with E-state index in [1.54, 1.807) is 18.4 Å². The molecule has 144 valence electrons. The van der Waals surface area contributed by atoms with Crippen molar-refractivity contribution in [2.75, 3.05) is 23.8 Å². The summed E-state index contributed by atoms with van der Waals surface area (Å²) in [6, 6.07) is 9.40. The number of nitrogens with one attached hydrogen (secondary N) is 2. The van der Waals surface area contributed by atoms with Crippen molar-refractivity contribution in [3.8, 4) is 0 Å². The Morgan fingerprint density at radius 2 is 1.74 bits per heavy atom. The Morgan fingerprint density at radius 3 is 2.41 bits per heavy atom. The predicted octanol–water partition coefficient (Wildman–Crippen LogP) is 2.36. The van der Waals surface area contributed by atoms with Crippen LogP contribution in [0.3, 0.4) is 0 Å². The lowest BCUT2D eigenvalue weighted by Gasteiger charge is -2.12. The third kappa shape index (κ3) is 6.37. The number of hydrogen-bond donors (Lipinski definition) is 2. The lowest BCUT2D eigenvalue weighted by Crippen LogP contribution is -2.22. The number of benzene rings is 1. The van der Waals surface area contributed by atoms with Crippen LogP contribution in [0, 0.1) is 0 Å². The Labute approximate surface area is 162 Å². The third-order valence-electron chi connectivity index (χ3n) is 3.43. The minimum atomic E-state index is -0.423. The van der Waals surface area contributed by atoms with E-state index in [1.165, 1.54) is 6.33 Å². The molecule has 2 aromatic rings. The first-order valence-corrected chi connectivity index (χ1v) is 8.92. The van der Waals surface area contributed by atoms with Gasteiger partial charge in [-0.05, 0) is 38.2 Å². The molecule has 0 saturated carbocycles. The van der Waals surface area contributed by atoms with Crippen molar-refractivity contribution in [3.05, 3.63) is 42.4 Å². The summed E-state index contributed by atoms with van der Waals surface area (Å²) in [7, 11) is 0. The number of imidazole rings is 1. The van der Waals surface area contributed by atoms with Gasteiger partial charge in [0.25, 0.3) is 0 Å². The summed E-state index contributed by atoms with van der Waals surface area (Å²) in [6.45, 7) is 3.94. The molecule has 0 atom stereocenters. The summed E-state index contributed by atoms with van der Waals surface area (Å²) >= 11 is 5.30. The van der Waals surface area contributed by atoms with E-state index in [0.29, 0.717) is 16.6 Å². The highest BCUT2D eigenvalue weighted by molar-refractivity contribution is 7.80. The second kappa shape index (κ2) is 10.3. The zero-order valence-electron chi connectivity index (χ0n) is 15.2. The second-order valence-electron chi connectivity index (χ2n) is 5.40. The van der Waals surface area contributed by atoms with Crippen LogP contribution in [0.15, 0.2) is 36.7 Å². The lowest BCUT2D eigenvalue weighted by molar-refractivity contribution is -0.145. The number of carbonyl (C=O) groups is 2. The fourth-order valence-corrected chi connectivity index (χ4v) is 2.53. The van der Waals surface area contributed by atoms with Gasteiger partial charge in [-0.2, -0.15) is 0 Å². The first-order chi connectivity index (χ1) is 13.0. The van der Waals surface area contributed by atoms with E-state index in [2.05, 4.69) is 15.6 Å². The minimum absolute atomic E-state index is 0.0521. The third-order valence-corrected chi connectivity index (χ3v) is 3.64. The van der Waals surface area contributed by atoms with Gasteiger partial charge in [0.1, 0.15) is 6.54 Å². The topological polar surface area (TPSA) is 94.5 Å². The summed E-state index contributed by atoms with van der Waals surface area (Å²) in [6.07, 6.45) is 1.41. The van der Waals surface area contributed by atoms with Crippen molar-refractivity contribution < 1.29 is 19.1 Å². The van der Waals surface area contributed by atoms with Crippen LogP contribution in [-0.4, -0.2) is 39.8 Å². The molecule has 0 amide bonds. The van der Waals surface area contributed by atoms with Crippen molar-refractivity contribution in [2.45, 2.75) is 26.8 Å². The van der Waals surface area contributed by atoms with Gasteiger partial charge < -0.3 is 24.7 Å². The van der Waals surface area contributed by atoms with Crippen molar-refractivity contribution in [3.63, 3.8) is 0 Å². The molecule has 0 fully saturated rings. The summed E-state index contributed by atoms with van der Waals surface area (Å²) < 4.78 is 11.5. The zero-order chi connectivity index (χ0) is 19.6. The molecule has 0 aliphatic heterocycles. The quantitative estimate of drug-likeness (QED) is 0.524. The molecular weight excluding hydrogens is 368 g/mol. The predicted molar refractivity (Wildman–Crippen MR) is 105 cm³/mol. The van der Waals surface area contributed by atoms with Crippen LogP contribution in [0.2, 0.25) is 0 Å². The molecule has 0 aliphatic carbocycles. The van der Waals surface area contributed by atoms with E-state index in [9.17, 15) is 9.59 Å². The maximum Gasteiger partial charge on any atom is 0.325 e. The smallest absolute Gasteiger partial charge is 0.325 e. The molecule has 0 saturated heterocycles. The Morgan fingerprint density at radius 1 is 1.07 bits per heavy atom. The average Bonchev–Trinajstić information content (AvgIpc) is 2.97. The Kier molecular flexibility index (Phi) is 7.75. The van der Waals surface area contributed by atoms with Crippen LogP contribution in [0.4, 0.5) is 11.5 Å². The molecule has 2 N–H and O–H groups in total. The van der Waals surface area contributed by atoms with E-state index in [4.69, 9.17) is 21.7 Å². The average molecular weight is 390 g/mol. The molecule has 0 bridgehead atoms. The molecule has 0 unspecified atom stereocenters. The standard InChI is InChI=1S/C18H22N4O4S/c1-3-25-15(23)10-14-17(19-12-22(14)11-16(24)26-4-2)21-18(27)20-13-8-6-5-7-9-13/h5-9,12H,3-4,10-11H2,1-2H3,(H2,20,21,27). The van der Waals surface area contributed by atoms with Gasteiger partial charge >= 0.3 is 11.9 Å². The summed E-state index contributed by atoms with van der Waals surface area (Å²) in [5, 5.41) is 6.30. The maximum absolute atomic E-state index is 11.9. The fourth-order valence-electron chi connectivity index (χ4n) is 2.32. The lowest BCUT2D eigenvalue weighted by atomic mass is 10.3. The molecule has 0 spiro atoms. The molecule has 2 rings (SSSR count). The van der Waals surface area contributed by atoms with Crippen molar-refractivity contribution in [2.24, 2.45) is 0 Å². The highest BCUT2D eigenvalue weighted by atomic mass is 32.1. The van der Waals surface area contributed by atoms with Gasteiger partial charge in [-0.3, -0.25) is 9.59 Å². The number of hydrogen-bond acceptors (Lipinski definition) is 6. The number of anilines is 2. The zero-order valence-corrected chi connectivity index (χ0v) is 16.0. The van der Waals surface area contributed by atoms with Gasteiger partial charge in [-0.25, -0.2) is 4.98 Å². The van der Waals surface area contributed by atoms with Gasteiger partial charge in [0.2, 0.25) is 0 Å². The number of ether oxygens (including phenoxy) is 2. The molecule has 0 aliphatic rings. The van der Waals surface area contributed by atoms with Gasteiger partial charge in [0.15, 0.2) is 10.9 Å². The number of nitrogens with zero attached hydrogens (tertiary/aromatic N) is 2. The van der Waals surface area contributed by atoms with Crippen LogP contribution in [-0.2, 0) is 32.0 Å². The molecule has 1 heterocycles. The van der Waals surface area contributed by atoms with Crippen LogP contribution in [0.5, 0.6) is 0 Å². The van der Waals surface area contributed by atoms with Gasteiger partial charge in [-0.1, -0.05) is 18.2 Å². The van der Waals surface area contributed by atoms with Crippen LogP contribution in [0.25, 0.3) is 0 Å². The van der Waals surface area contributed by atoms with Crippen molar-refractivity contribution in [1.29, 1.82) is 0 Å². The molecule has 1 aromatic carbocycles. The molecule has 27 heavy (non-hydrogen) atoms. The summed E-state index contributed by atoms with van der Waals surface area (Å²) in [4.78, 5) is 28.0. The first-order valence-electron chi connectivity index (χ1n) is 8.51. The van der Waals surface area contributed by atoms with Crippen LogP contribution in [0.1, 0.15) is 19.5 Å². The Bertz CT molecular complexity index is 792. The van der Waals surface area contributed by atoms with Gasteiger partial charge in [0.05, 0.1) is 31.7 Å². The van der Waals surface area contributed by atoms with Gasteiger partial charge in [-0.15, -0.1) is 0 Å². The van der Waals surface area contributed by atoms with Crippen molar-refractivity contribution in [1.82, 2.24) is 9.55 Å². The number of carbonyl (C=O) groups excluding carboxylic acids is 2. The van der Waals surface area contributed by atoms with Crippen LogP contribution >= 0.6 is 12.2 Å². The van der Waals surface area contributed by atoms with Crippen molar-refractivity contribution >= 4 is 40.8 Å². The van der Waals surface area contributed by atoms with E-state index in [1.807, 2.05) is 30.3 Å². The minimum Gasteiger partial charge on any atom is -0.466 e. The number of rotatable bonds is 8. The molecule has 8 nitrogen and oxygen atoms in total. The SMILES string of the molecule is CCOC(=O)Cc1c(NC(=S)Nc2ccccc2)ncn1CC(=O)OCC. The van der Waals surface area contributed by atoms with E-state index < -0.39 is 11.9 Å². The number of aromatic nitrogens is 2. The number of esters is 2. The molecule has 9 heteroatoms. The van der Waals surface area contributed by atoms with E-state index in [-0.39, 0.29) is 26.2 Å². The van der Waals surface area contributed by atoms with Crippen LogP contribution < -0.4 is 10.6 Å². The normalized spacial score (nSPS) is 10.1. The summed E-state index contributed by atoms with van der Waals surface area (Å²) in [5.74, 6) is -0.467. The summed E-state index contributed by atoms with van der Waals surface area (Å²) in [5.41, 5.74) is 1.30. The molecule has 0 radical (unpaired) electrons. The second-order valence-corrected chi connectivity index (χ2v) is 5.81. The molecular formula is C18H22N4O4S. The highest BCUT2D eigenvalue weighted by Gasteiger charge is 2.18. The fraction of sp³-hybridized carbons (Fsp3) is 0.333. The largest absolute Gasteiger partial charge is 0.466 e. The van der Waals surface area contributed by atoms with E-state index >= 15 is 0 Å². The van der Waals surface area contributed by atoms with Gasteiger partial charge in [0, 0.05) is 5.69 Å². The first kappa shape index (κ1) is 20.4. The maximum atomic E-state index is 11.9. The Hall–Kier alpha value is -2.94.